The highest BCUT2D eigenvalue weighted by Gasteiger charge is 2.50. The summed E-state index contributed by atoms with van der Waals surface area (Å²) in [5, 5.41) is 61.3. The van der Waals surface area contributed by atoms with Crippen molar-refractivity contribution in [2.24, 2.45) is 11.5 Å². The second-order valence-corrected chi connectivity index (χ2v) is 18.9. The fourth-order valence-electron chi connectivity index (χ4n) is 7.63. The average molecular weight is 877 g/mol. The molecule has 2 heterocycles. The predicted octanol–water partition coefficient (Wildman–Crippen LogP) is -2.45. The van der Waals surface area contributed by atoms with Crippen LogP contribution in [0, 0.1) is 13.8 Å². The monoisotopic (exact) mass is 876 g/mol. The SMILES string of the molecule is Cc1cc(O)cc(C)c1C[C@H](N)C(=O)N[C@@H]1CSCCSC(C)(C)[C@H](C(=O)N[C@@H](CO[C@@H]2O[C@H](CO)[C@@H](O)C(O)C2O)C(N)=O)NC(=O)C2(Cc3ccccc3C2)NC1=O. The molecule has 9 atom stereocenters. The third-order valence-electron chi connectivity index (χ3n) is 11.1. The largest absolute Gasteiger partial charge is 0.508 e. The molecule has 13 N–H and O–H groups in total. The minimum atomic E-state index is -1.78. The summed E-state index contributed by atoms with van der Waals surface area (Å²) in [6, 6.07) is 5.46. The fraction of sp³-hybridized carbons (Fsp3) is 0.575. The van der Waals surface area contributed by atoms with Gasteiger partial charge in [-0.05, 0) is 74.1 Å². The second-order valence-electron chi connectivity index (χ2n) is 16.1. The van der Waals surface area contributed by atoms with Gasteiger partial charge in [-0.2, -0.15) is 23.5 Å². The molecule has 1 spiro atoms. The van der Waals surface area contributed by atoms with Crippen molar-refractivity contribution < 1.29 is 59.0 Å². The van der Waals surface area contributed by atoms with E-state index in [0.29, 0.717) is 11.5 Å². The van der Waals surface area contributed by atoms with Gasteiger partial charge in [0.2, 0.25) is 29.5 Å². The van der Waals surface area contributed by atoms with Crippen LogP contribution in [0.1, 0.15) is 41.7 Å². The Morgan fingerprint density at radius 1 is 1.02 bits per heavy atom. The zero-order valence-corrected chi connectivity index (χ0v) is 35.5. The Balaban J connectivity index is 1.37. The number of thioether (sulfide) groups is 2. The lowest BCUT2D eigenvalue weighted by molar-refractivity contribution is -0.301. The maximum absolute atomic E-state index is 14.7. The number of aryl methyl sites for hydroxylation is 2. The Kier molecular flexibility index (Phi) is 15.5. The summed E-state index contributed by atoms with van der Waals surface area (Å²) < 4.78 is 9.84. The van der Waals surface area contributed by atoms with Gasteiger partial charge in [0.05, 0.1) is 19.3 Å². The van der Waals surface area contributed by atoms with E-state index in [0.717, 1.165) is 27.8 Å². The molecule has 5 rings (SSSR count). The standard InChI is InChI=1S/C40H56N6O12S2/c1-19-11-23(48)12-20(2)24(19)13-25(41)34(53)44-27-18-59-9-10-60-39(3,4)32(45-38(56)40(46-35(27)54)14-21-7-5-6-8-22(21)15-40)36(55)43-26(33(42)52)17-57-37-31(51)30(50)29(49)28(16-47)58-37/h5-8,11-12,25-32,37,47-51H,9-10,13-18,41H2,1-4H3,(H2,42,52)(H,43,55)(H,44,53)(H,45,56)(H,46,54)/t25-,26-,27+,28+,29+,30?,31?,32-,37+/m0/s1. The first-order valence-electron chi connectivity index (χ1n) is 19.5. The summed E-state index contributed by atoms with van der Waals surface area (Å²) in [5.74, 6) is -2.61. The van der Waals surface area contributed by atoms with Crippen LogP contribution in [0.25, 0.3) is 0 Å². The van der Waals surface area contributed by atoms with Crippen LogP contribution in [0.5, 0.6) is 5.75 Å². The summed E-state index contributed by atoms with van der Waals surface area (Å²) in [6.45, 7) is 5.73. The molecule has 2 aromatic rings. The van der Waals surface area contributed by atoms with Gasteiger partial charge >= 0.3 is 0 Å². The van der Waals surface area contributed by atoms with Crippen molar-refractivity contribution in [2.45, 2.75) is 112 Å². The number of aliphatic hydroxyl groups excluding tert-OH is 4. The van der Waals surface area contributed by atoms with E-state index in [2.05, 4.69) is 21.3 Å². The van der Waals surface area contributed by atoms with E-state index in [1.165, 1.54) is 23.5 Å². The number of phenols is 1. The molecule has 18 nitrogen and oxygen atoms in total. The summed E-state index contributed by atoms with van der Waals surface area (Å²) in [6.07, 6.45) is -7.80. The number of amides is 5. The van der Waals surface area contributed by atoms with Crippen molar-refractivity contribution in [3.63, 3.8) is 0 Å². The first-order chi connectivity index (χ1) is 28.3. The molecule has 2 fully saturated rings. The number of ether oxygens (including phenoxy) is 2. The van der Waals surface area contributed by atoms with Gasteiger partial charge < -0.3 is 67.7 Å². The number of primary amides is 1. The Morgan fingerprint density at radius 2 is 1.65 bits per heavy atom. The number of aliphatic hydroxyl groups is 4. The first-order valence-corrected chi connectivity index (χ1v) is 21.7. The second kappa shape index (κ2) is 19.8. The minimum absolute atomic E-state index is 0.0617. The number of carbonyl (C=O) groups is 5. The molecule has 1 aliphatic carbocycles. The highest BCUT2D eigenvalue weighted by atomic mass is 32.2. The molecule has 2 saturated heterocycles. The van der Waals surface area contributed by atoms with E-state index in [-0.39, 0.29) is 30.8 Å². The highest BCUT2D eigenvalue weighted by molar-refractivity contribution is 8.03. The van der Waals surface area contributed by atoms with E-state index >= 15 is 0 Å². The minimum Gasteiger partial charge on any atom is -0.508 e. The quantitative estimate of drug-likeness (QED) is 0.112. The zero-order valence-electron chi connectivity index (χ0n) is 33.9. The number of hydrogen-bond donors (Lipinski definition) is 11. The lowest BCUT2D eigenvalue weighted by atomic mass is 9.91. The highest BCUT2D eigenvalue weighted by Crippen LogP contribution is 2.34. The number of rotatable bonds is 11. The summed E-state index contributed by atoms with van der Waals surface area (Å²) >= 11 is 2.74. The number of benzene rings is 2. The number of fused-ring (bicyclic) bond motifs is 1. The molecule has 0 bridgehead atoms. The van der Waals surface area contributed by atoms with Gasteiger partial charge in [-0.25, -0.2) is 0 Å². The van der Waals surface area contributed by atoms with Crippen molar-refractivity contribution in [1.29, 1.82) is 0 Å². The van der Waals surface area contributed by atoms with E-state index in [9.17, 15) is 49.5 Å². The predicted molar refractivity (Wildman–Crippen MR) is 223 cm³/mol. The molecule has 2 aliphatic heterocycles. The van der Waals surface area contributed by atoms with Crippen LogP contribution in [-0.4, -0.2) is 151 Å². The van der Waals surface area contributed by atoms with Crippen LogP contribution in [-0.2, 0) is 52.7 Å². The molecular formula is C40H56N6O12S2. The molecule has 5 amide bonds. The maximum Gasteiger partial charge on any atom is 0.247 e. The number of phenolic OH excluding ortho intramolecular Hbond substituents is 1. The first kappa shape index (κ1) is 47.1. The van der Waals surface area contributed by atoms with E-state index in [1.807, 2.05) is 38.1 Å². The van der Waals surface area contributed by atoms with Crippen LogP contribution in [0.15, 0.2) is 36.4 Å². The van der Waals surface area contributed by atoms with Crippen LogP contribution in [0.4, 0.5) is 0 Å². The Labute approximate surface area is 356 Å². The third-order valence-corrected chi connectivity index (χ3v) is 13.8. The molecule has 0 radical (unpaired) electrons. The molecule has 2 aromatic carbocycles. The fourth-order valence-corrected chi connectivity index (χ4v) is 9.93. The zero-order chi connectivity index (χ0) is 44.1. The Morgan fingerprint density at radius 3 is 2.25 bits per heavy atom. The number of carbonyl (C=O) groups excluding carboxylic acids is 5. The van der Waals surface area contributed by atoms with E-state index < -0.39 is 108 Å². The van der Waals surface area contributed by atoms with E-state index in [1.54, 1.807) is 26.0 Å². The maximum atomic E-state index is 14.7. The lowest BCUT2D eigenvalue weighted by Crippen LogP contribution is -2.68. The summed E-state index contributed by atoms with van der Waals surface area (Å²) in [7, 11) is 0. The average Bonchev–Trinajstić information content (AvgIpc) is 3.57. The van der Waals surface area contributed by atoms with Gasteiger partial charge in [0.1, 0.15) is 53.8 Å². The van der Waals surface area contributed by atoms with Crippen molar-refractivity contribution >= 4 is 53.1 Å². The van der Waals surface area contributed by atoms with Crippen molar-refractivity contribution in [1.82, 2.24) is 21.3 Å². The number of nitrogens with two attached hydrogens (primary N) is 2. The van der Waals surface area contributed by atoms with Crippen LogP contribution in [0.2, 0.25) is 0 Å². The van der Waals surface area contributed by atoms with Gasteiger partial charge in [-0.1, -0.05) is 24.3 Å². The molecule has 0 aromatic heterocycles. The van der Waals surface area contributed by atoms with Crippen molar-refractivity contribution in [2.75, 3.05) is 30.5 Å². The number of hydrogen-bond acceptors (Lipinski definition) is 15. The smallest absolute Gasteiger partial charge is 0.247 e. The van der Waals surface area contributed by atoms with Crippen molar-refractivity contribution in [3.8, 4) is 5.75 Å². The Hall–Kier alpha value is -3.99. The molecule has 0 saturated carbocycles. The van der Waals surface area contributed by atoms with Gasteiger partial charge in [0.15, 0.2) is 6.29 Å². The molecule has 3 aliphatic rings. The lowest BCUT2D eigenvalue weighted by Gasteiger charge is -2.40. The van der Waals surface area contributed by atoms with Crippen LogP contribution >= 0.6 is 23.5 Å². The van der Waals surface area contributed by atoms with Gasteiger partial charge in [-0.3, -0.25) is 24.0 Å². The number of nitrogens with one attached hydrogen (secondary N) is 4. The third kappa shape index (κ3) is 10.9. The van der Waals surface area contributed by atoms with Crippen LogP contribution in [0.3, 0.4) is 0 Å². The topological polar surface area (TPSA) is 305 Å². The number of aromatic hydroxyl groups is 1. The Bertz CT molecular complexity index is 1870. The summed E-state index contributed by atoms with van der Waals surface area (Å²) in [4.78, 5) is 69.5. The molecular weight excluding hydrogens is 821 g/mol. The summed E-state index contributed by atoms with van der Waals surface area (Å²) in [5.41, 5.74) is 14.3. The normalized spacial score (nSPS) is 27.8. The van der Waals surface area contributed by atoms with E-state index in [4.69, 9.17) is 20.9 Å². The van der Waals surface area contributed by atoms with Gasteiger partial charge in [-0.15, -0.1) is 0 Å². The molecule has 2 unspecified atom stereocenters. The molecule has 20 heteroatoms. The van der Waals surface area contributed by atoms with Crippen LogP contribution < -0.4 is 32.7 Å². The van der Waals surface area contributed by atoms with Crippen molar-refractivity contribution in [3.05, 3.63) is 64.2 Å². The molecule has 60 heavy (non-hydrogen) atoms. The molecule has 330 valence electrons. The van der Waals surface area contributed by atoms with Gasteiger partial charge in [0.25, 0.3) is 0 Å². The van der Waals surface area contributed by atoms with Gasteiger partial charge in [0, 0.05) is 34.8 Å².